The molecule has 15 heavy (non-hydrogen) atoms. The fourth-order valence-corrected chi connectivity index (χ4v) is 8.32. The first-order valence-electron chi connectivity index (χ1n) is 4.44. The number of fused-ring (bicyclic) bond motifs is 1. The van der Waals surface area contributed by atoms with Gasteiger partial charge in [0.15, 0.2) is 5.78 Å². The molecular weight excluding hydrogens is 284 g/mol. The zero-order valence-corrected chi connectivity index (χ0v) is 12.6. The molecule has 1 nitrogen and oxygen atoms in total. The highest BCUT2D eigenvalue weighted by molar-refractivity contribution is 8.08. The van der Waals surface area contributed by atoms with Crippen molar-refractivity contribution in [2.75, 3.05) is 0 Å². The lowest BCUT2D eigenvalue weighted by molar-refractivity contribution is -0.119. The van der Waals surface area contributed by atoms with Crippen LogP contribution >= 0.6 is 58.4 Å². The minimum absolute atomic E-state index is 0.0361. The molecule has 82 valence electrons. The summed E-state index contributed by atoms with van der Waals surface area (Å²) in [6, 6.07) is 0. The summed E-state index contributed by atoms with van der Waals surface area (Å²) in [5.41, 5.74) is 0. The van der Waals surface area contributed by atoms with Gasteiger partial charge in [0.1, 0.15) is 3.14 Å². The van der Waals surface area contributed by atoms with Crippen LogP contribution in [0.4, 0.5) is 0 Å². The summed E-state index contributed by atoms with van der Waals surface area (Å²) in [4.78, 5) is 12.1. The summed E-state index contributed by atoms with van der Waals surface area (Å²) in [6.45, 7) is 5.98. The van der Waals surface area contributed by atoms with Gasteiger partial charge in [0, 0.05) is 0 Å². The van der Waals surface area contributed by atoms with Crippen molar-refractivity contribution >= 4 is 64.2 Å². The van der Waals surface area contributed by atoms with E-state index in [2.05, 4.69) is 0 Å². The van der Waals surface area contributed by atoms with Crippen LogP contribution in [-0.2, 0) is 4.79 Å². The van der Waals surface area contributed by atoms with Crippen molar-refractivity contribution in [1.29, 1.82) is 0 Å². The first-order valence-corrected chi connectivity index (χ1v) is 8.18. The third-order valence-electron chi connectivity index (χ3n) is 2.11. The van der Waals surface area contributed by atoms with E-state index in [1.165, 1.54) is 8.42 Å². The van der Waals surface area contributed by atoms with Gasteiger partial charge in [-0.2, -0.15) is 0 Å². The highest BCUT2D eigenvalue weighted by atomic mass is 32.2. The molecule has 0 saturated heterocycles. The quantitative estimate of drug-likeness (QED) is 0.656. The van der Waals surface area contributed by atoms with Gasteiger partial charge in [-0.25, -0.2) is 0 Å². The summed E-state index contributed by atoms with van der Waals surface area (Å²) in [5, 5.41) is 0.0361. The van der Waals surface area contributed by atoms with Crippen LogP contribution in [0, 0.1) is 3.14 Å². The number of hydrogen-bond donors (Lipinski definition) is 0. The van der Waals surface area contributed by atoms with Gasteiger partial charge in [-0.15, -0.1) is 34.4 Å². The lowest BCUT2D eigenvalue weighted by Crippen LogP contribution is -2.33. The maximum absolute atomic E-state index is 12.1. The molecule has 0 radical (unpaired) electrons. The fraction of sp³-hybridized carbons (Fsp3) is 0.556. The molecular formula is C9H10OS5. The van der Waals surface area contributed by atoms with Crippen molar-refractivity contribution in [2.24, 2.45) is 0 Å². The molecule has 1 aromatic heterocycles. The van der Waals surface area contributed by atoms with Crippen LogP contribution in [-0.4, -0.2) is 15.8 Å². The molecule has 0 bridgehead atoms. The first-order chi connectivity index (χ1) is 6.90. The van der Waals surface area contributed by atoms with Crippen LogP contribution in [0.25, 0.3) is 0 Å². The zero-order chi connectivity index (χ0) is 11.2. The Kier molecular flexibility index (Phi) is 3.34. The molecule has 0 fully saturated rings. The second kappa shape index (κ2) is 4.14. The van der Waals surface area contributed by atoms with E-state index in [0.717, 1.165) is 3.14 Å². The van der Waals surface area contributed by atoms with Gasteiger partial charge in [0.25, 0.3) is 0 Å². The Labute approximate surface area is 111 Å². The number of Topliss-reactive ketones (excluding diaryl/α,β-unsaturated/α-hetero) is 1. The van der Waals surface area contributed by atoms with Crippen molar-refractivity contribution in [2.45, 2.75) is 39.2 Å². The molecule has 0 aliphatic carbocycles. The molecule has 1 aromatic rings. The number of carbonyl (C=O) groups is 1. The van der Waals surface area contributed by atoms with Crippen LogP contribution in [0.3, 0.4) is 0 Å². The van der Waals surface area contributed by atoms with E-state index < -0.39 is 0 Å². The number of rotatable bonds is 0. The Morgan fingerprint density at radius 2 is 1.87 bits per heavy atom. The second-order valence-electron chi connectivity index (χ2n) is 3.77. The van der Waals surface area contributed by atoms with Crippen LogP contribution < -0.4 is 0 Å². The lowest BCUT2D eigenvalue weighted by atomic mass is 10.1. The molecule has 1 aliphatic rings. The van der Waals surface area contributed by atoms with Crippen molar-refractivity contribution in [3.05, 3.63) is 3.14 Å². The largest absolute Gasteiger partial charge is 0.297 e. The molecule has 0 saturated carbocycles. The Balaban J connectivity index is 2.49. The van der Waals surface area contributed by atoms with E-state index in [-0.39, 0.29) is 10.00 Å². The molecule has 1 atom stereocenters. The summed E-state index contributed by atoms with van der Waals surface area (Å²) in [5.74, 6) is 0.319. The Morgan fingerprint density at radius 3 is 2.53 bits per heavy atom. The Hall–Kier alpha value is 0.640. The Morgan fingerprint density at radius 1 is 1.27 bits per heavy atom. The van der Waals surface area contributed by atoms with Crippen molar-refractivity contribution in [3.8, 4) is 0 Å². The van der Waals surface area contributed by atoms with Crippen LogP contribution in [0.15, 0.2) is 8.42 Å². The summed E-state index contributed by atoms with van der Waals surface area (Å²) >= 11 is 11.8. The molecule has 2 rings (SSSR count). The van der Waals surface area contributed by atoms with Gasteiger partial charge in [0.05, 0.1) is 18.4 Å². The molecule has 0 N–H and O–H groups in total. The maximum Gasteiger partial charge on any atom is 0.161 e. The minimum Gasteiger partial charge on any atom is -0.297 e. The van der Waals surface area contributed by atoms with Gasteiger partial charge in [-0.3, -0.25) is 4.79 Å². The summed E-state index contributed by atoms with van der Waals surface area (Å²) < 4.78 is 3.08. The average molecular weight is 295 g/mol. The van der Waals surface area contributed by atoms with E-state index in [4.69, 9.17) is 12.2 Å². The molecule has 1 unspecified atom stereocenters. The summed E-state index contributed by atoms with van der Waals surface area (Å²) in [7, 11) is 0. The first kappa shape index (κ1) is 12.1. The van der Waals surface area contributed by atoms with E-state index in [9.17, 15) is 4.79 Å². The second-order valence-corrected chi connectivity index (χ2v) is 10.5. The third-order valence-corrected chi connectivity index (χ3v) is 7.87. The highest BCUT2D eigenvalue weighted by Crippen LogP contribution is 2.50. The monoisotopic (exact) mass is 294 g/mol. The molecule has 0 aromatic carbocycles. The fourth-order valence-electron chi connectivity index (χ4n) is 1.38. The van der Waals surface area contributed by atoms with E-state index in [0.29, 0.717) is 5.78 Å². The summed E-state index contributed by atoms with van der Waals surface area (Å²) in [6.07, 6.45) is 0. The van der Waals surface area contributed by atoms with Crippen molar-refractivity contribution < 1.29 is 4.79 Å². The molecule has 0 spiro atoms. The van der Waals surface area contributed by atoms with Crippen LogP contribution in [0.2, 0.25) is 0 Å². The van der Waals surface area contributed by atoms with Gasteiger partial charge < -0.3 is 0 Å². The van der Waals surface area contributed by atoms with E-state index >= 15 is 0 Å². The molecule has 1 aliphatic heterocycles. The number of hydrogen-bond acceptors (Lipinski definition) is 6. The van der Waals surface area contributed by atoms with Crippen molar-refractivity contribution in [1.82, 2.24) is 0 Å². The lowest BCUT2D eigenvalue weighted by Gasteiger charge is -2.21. The molecule has 6 heteroatoms. The van der Waals surface area contributed by atoms with Gasteiger partial charge in [-0.05, 0) is 20.8 Å². The molecule has 0 amide bonds. The zero-order valence-electron chi connectivity index (χ0n) is 8.53. The normalized spacial score (nSPS) is 24.7. The Bertz CT molecular complexity index is 455. The smallest absolute Gasteiger partial charge is 0.161 e. The highest BCUT2D eigenvalue weighted by Gasteiger charge is 2.37. The van der Waals surface area contributed by atoms with Gasteiger partial charge >= 0.3 is 0 Å². The predicted molar refractivity (Wildman–Crippen MR) is 73.3 cm³/mol. The predicted octanol–water partition coefficient (Wildman–Crippen LogP) is 4.47. The SMILES string of the molecule is CC1Sc2sc(=S)sc2SC(C)(C)C1=O. The van der Waals surface area contributed by atoms with Gasteiger partial charge in [0.2, 0.25) is 0 Å². The van der Waals surface area contributed by atoms with Crippen molar-refractivity contribution in [3.63, 3.8) is 0 Å². The number of thioether (sulfide) groups is 2. The number of ketones is 1. The minimum atomic E-state index is -0.322. The average Bonchev–Trinajstić information content (AvgIpc) is 2.40. The topological polar surface area (TPSA) is 17.1 Å². The molecule has 2 heterocycles. The van der Waals surface area contributed by atoms with Crippen LogP contribution in [0.5, 0.6) is 0 Å². The van der Waals surface area contributed by atoms with E-state index in [1.807, 2.05) is 20.8 Å². The maximum atomic E-state index is 12.1. The standard InChI is InChI=1S/C9H10OS5/c1-4-5(10)9(2,3)15-7-6(12-4)13-8(11)14-7/h4H,1-3H3. The third kappa shape index (κ3) is 2.34. The van der Waals surface area contributed by atoms with Gasteiger partial charge in [-0.1, -0.05) is 24.0 Å². The van der Waals surface area contributed by atoms with E-state index in [1.54, 1.807) is 46.2 Å². The number of carbonyl (C=O) groups excluding carboxylic acids is 1. The van der Waals surface area contributed by atoms with Crippen LogP contribution in [0.1, 0.15) is 20.8 Å².